The Morgan fingerprint density at radius 2 is 2.00 bits per heavy atom. The second-order valence-corrected chi connectivity index (χ2v) is 7.56. The zero-order valence-corrected chi connectivity index (χ0v) is 15.5. The lowest BCUT2D eigenvalue weighted by atomic mass is 10.2. The molecule has 1 heterocycles. The standard InChI is InChI=1S/C16H15N3O5S2/c1-10-5-3-4-6-14(10)24-26(21,22)11-7-8-12-13(9-11)19-25-15(17-12)18-16(20)23-2/h3-9,19H,1-2H3,(H,17,18,20). The highest BCUT2D eigenvalue weighted by molar-refractivity contribution is 8.15. The number of para-hydroxylation sites is 1. The molecule has 2 aromatic rings. The van der Waals surface area contributed by atoms with Gasteiger partial charge in [-0.15, -0.1) is 0 Å². The van der Waals surface area contributed by atoms with Gasteiger partial charge < -0.3 is 13.6 Å². The summed E-state index contributed by atoms with van der Waals surface area (Å²) in [7, 11) is -2.75. The highest BCUT2D eigenvalue weighted by Gasteiger charge is 2.22. The molecule has 0 radical (unpaired) electrons. The molecule has 0 fully saturated rings. The number of anilines is 1. The monoisotopic (exact) mass is 393 g/mol. The molecule has 0 spiro atoms. The molecule has 26 heavy (non-hydrogen) atoms. The third-order valence-electron chi connectivity index (χ3n) is 3.42. The Morgan fingerprint density at radius 1 is 1.23 bits per heavy atom. The van der Waals surface area contributed by atoms with Crippen LogP contribution in [0, 0.1) is 6.92 Å². The van der Waals surface area contributed by atoms with Gasteiger partial charge in [0, 0.05) is 11.9 Å². The number of hydrogen-bond acceptors (Lipinski definition) is 8. The molecule has 2 aromatic carbocycles. The molecule has 0 aromatic heterocycles. The Kier molecular flexibility index (Phi) is 5.05. The van der Waals surface area contributed by atoms with E-state index in [1.807, 2.05) is 0 Å². The largest absolute Gasteiger partial charge is 0.453 e. The number of benzene rings is 2. The van der Waals surface area contributed by atoms with Crippen LogP contribution in [0.3, 0.4) is 0 Å². The van der Waals surface area contributed by atoms with Crippen LogP contribution >= 0.6 is 11.9 Å². The van der Waals surface area contributed by atoms with Crippen LogP contribution in [-0.2, 0) is 14.9 Å². The van der Waals surface area contributed by atoms with Crippen molar-refractivity contribution in [2.75, 3.05) is 11.8 Å². The molecule has 1 aliphatic rings. The zero-order valence-electron chi connectivity index (χ0n) is 13.8. The van der Waals surface area contributed by atoms with Crippen LogP contribution in [0.25, 0.3) is 0 Å². The number of nitrogens with one attached hydrogen (secondary N) is 2. The lowest BCUT2D eigenvalue weighted by Gasteiger charge is -2.17. The first-order chi connectivity index (χ1) is 12.4. The summed E-state index contributed by atoms with van der Waals surface area (Å²) in [4.78, 5) is 15.4. The lowest BCUT2D eigenvalue weighted by Crippen LogP contribution is -2.29. The molecule has 0 aliphatic carbocycles. The van der Waals surface area contributed by atoms with Crippen LogP contribution in [-0.4, -0.2) is 26.8 Å². The van der Waals surface area contributed by atoms with Gasteiger partial charge in [-0.05, 0) is 36.8 Å². The molecule has 1 aliphatic heterocycles. The van der Waals surface area contributed by atoms with Gasteiger partial charge in [-0.25, -0.2) is 9.79 Å². The zero-order chi connectivity index (χ0) is 18.7. The van der Waals surface area contributed by atoms with E-state index in [2.05, 4.69) is 19.8 Å². The minimum absolute atomic E-state index is 0.00724. The molecule has 0 saturated carbocycles. The molecule has 10 heteroatoms. The van der Waals surface area contributed by atoms with Gasteiger partial charge in [0.25, 0.3) is 0 Å². The second kappa shape index (κ2) is 7.26. The van der Waals surface area contributed by atoms with E-state index in [1.54, 1.807) is 31.2 Å². The normalized spacial score (nSPS) is 13.1. The summed E-state index contributed by atoms with van der Waals surface area (Å²) in [6.07, 6.45) is -0.646. The summed E-state index contributed by atoms with van der Waals surface area (Å²) in [5.41, 5.74) is 1.68. The van der Waals surface area contributed by atoms with Gasteiger partial charge in [0.1, 0.15) is 10.6 Å². The number of nitrogens with zero attached hydrogens (tertiary/aromatic N) is 1. The first-order valence-electron chi connectivity index (χ1n) is 7.40. The van der Waals surface area contributed by atoms with Gasteiger partial charge in [-0.2, -0.15) is 8.42 Å². The Bertz CT molecular complexity index is 989. The topological polar surface area (TPSA) is 106 Å². The number of methoxy groups -OCH3 is 1. The number of alkyl carbamates (subject to hydrolysis) is 1. The first-order valence-corrected chi connectivity index (χ1v) is 9.62. The van der Waals surface area contributed by atoms with Crippen LogP contribution in [0.15, 0.2) is 52.4 Å². The molecular formula is C16H15N3O5S2. The minimum Gasteiger partial charge on any atom is -0.453 e. The third kappa shape index (κ3) is 3.92. The summed E-state index contributed by atoms with van der Waals surface area (Å²) in [6, 6.07) is 11.2. The number of amidine groups is 1. The molecule has 136 valence electrons. The van der Waals surface area contributed by atoms with Gasteiger partial charge in [0.2, 0.25) is 0 Å². The lowest BCUT2D eigenvalue weighted by molar-refractivity contribution is 0.177. The fourth-order valence-corrected chi connectivity index (χ4v) is 3.76. The maximum absolute atomic E-state index is 12.5. The van der Waals surface area contributed by atoms with Gasteiger partial charge >= 0.3 is 16.2 Å². The molecular weight excluding hydrogens is 378 g/mol. The van der Waals surface area contributed by atoms with Crippen LogP contribution in [0.4, 0.5) is 16.2 Å². The SMILES string of the molecule is COC(=O)NC1=Nc2ccc(S(=O)(=O)Oc3ccccc3C)cc2NS1. The van der Waals surface area contributed by atoms with E-state index in [-0.39, 0.29) is 15.8 Å². The number of ether oxygens (including phenoxy) is 1. The Balaban J connectivity index is 1.85. The van der Waals surface area contributed by atoms with Crippen molar-refractivity contribution in [1.29, 1.82) is 0 Å². The van der Waals surface area contributed by atoms with Gasteiger partial charge in [-0.1, -0.05) is 18.2 Å². The number of rotatable bonds is 3. The van der Waals surface area contributed by atoms with E-state index >= 15 is 0 Å². The molecule has 1 amide bonds. The van der Waals surface area contributed by atoms with Crippen LogP contribution in [0.5, 0.6) is 5.75 Å². The Morgan fingerprint density at radius 3 is 2.73 bits per heavy atom. The third-order valence-corrected chi connectivity index (χ3v) is 5.36. The average Bonchev–Trinajstić information content (AvgIpc) is 2.63. The number of hydrogen-bond donors (Lipinski definition) is 2. The quantitative estimate of drug-likeness (QED) is 0.609. The summed E-state index contributed by atoms with van der Waals surface area (Å²) in [5, 5.41) is 2.73. The molecule has 2 N–H and O–H groups in total. The number of fused-ring (bicyclic) bond motifs is 1. The highest BCUT2D eigenvalue weighted by atomic mass is 32.2. The van der Waals surface area contributed by atoms with E-state index in [9.17, 15) is 13.2 Å². The molecule has 8 nitrogen and oxygen atoms in total. The number of aliphatic imine (C=N–C) groups is 1. The smallest absolute Gasteiger partial charge is 0.412 e. The van der Waals surface area contributed by atoms with Crippen molar-refractivity contribution in [1.82, 2.24) is 5.32 Å². The van der Waals surface area contributed by atoms with Gasteiger partial charge in [-0.3, -0.25) is 5.32 Å². The summed E-state index contributed by atoms with van der Waals surface area (Å²) in [6.45, 7) is 1.76. The fraction of sp³-hybridized carbons (Fsp3) is 0.125. The molecule has 0 saturated heterocycles. The number of amides is 1. The maximum atomic E-state index is 12.5. The number of carbonyl (C=O) groups excluding carboxylic acids is 1. The Hall–Kier alpha value is -2.72. The van der Waals surface area contributed by atoms with Gasteiger partial charge in [0.05, 0.1) is 18.5 Å². The van der Waals surface area contributed by atoms with Crippen LogP contribution in [0.1, 0.15) is 5.56 Å². The van der Waals surface area contributed by atoms with E-state index in [0.29, 0.717) is 16.9 Å². The Labute approximate surface area is 154 Å². The van der Waals surface area contributed by atoms with Crippen molar-refractivity contribution < 1.29 is 22.1 Å². The van der Waals surface area contributed by atoms with Crippen LogP contribution in [0.2, 0.25) is 0 Å². The fourth-order valence-electron chi connectivity index (χ4n) is 2.09. The van der Waals surface area contributed by atoms with E-state index in [4.69, 9.17) is 4.18 Å². The van der Waals surface area contributed by atoms with Crippen molar-refractivity contribution in [2.45, 2.75) is 11.8 Å². The van der Waals surface area contributed by atoms with Crippen molar-refractivity contribution in [3.8, 4) is 5.75 Å². The van der Waals surface area contributed by atoms with Crippen molar-refractivity contribution in [3.63, 3.8) is 0 Å². The first kappa shape index (κ1) is 18.1. The van der Waals surface area contributed by atoms with E-state index in [1.165, 1.54) is 25.3 Å². The molecule has 3 rings (SSSR count). The number of carbonyl (C=O) groups is 1. The number of aryl methyl sites for hydroxylation is 1. The molecule has 0 bridgehead atoms. The average molecular weight is 393 g/mol. The molecule has 0 unspecified atom stereocenters. The van der Waals surface area contributed by atoms with Crippen LogP contribution < -0.4 is 14.2 Å². The highest BCUT2D eigenvalue weighted by Crippen LogP contribution is 2.35. The van der Waals surface area contributed by atoms with Crippen molar-refractivity contribution in [3.05, 3.63) is 48.0 Å². The van der Waals surface area contributed by atoms with Crippen molar-refractivity contribution >= 4 is 44.7 Å². The minimum atomic E-state index is -3.99. The summed E-state index contributed by atoms with van der Waals surface area (Å²) >= 11 is 1.03. The maximum Gasteiger partial charge on any atom is 0.412 e. The summed E-state index contributed by atoms with van der Waals surface area (Å²) < 4.78 is 37.7. The summed E-state index contributed by atoms with van der Waals surface area (Å²) in [5.74, 6) is 0.273. The second-order valence-electron chi connectivity index (χ2n) is 5.22. The van der Waals surface area contributed by atoms with E-state index in [0.717, 1.165) is 11.9 Å². The predicted octanol–water partition coefficient (Wildman–Crippen LogP) is 3.18. The predicted molar refractivity (Wildman–Crippen MR) is 99.3 cm³/mol. The molecule has 0 atom stereocenters. The van der Waals surface area contributed by atoms with Gasteiger partial charge in [0.15, 0.2) is 5.17 Å². The van der Waals surface area contributed by atoms with Crippen molar-refractivity contribution in [2.24, 2.45) is 4.99 Å². The van der Waals surface area contributed by atoms with E-state index < -0.39 is 16.2 Å².